The Kier molecular flexibility index (Phi) is 4.69. The lowest BCUT2D eigenvalue weighted by Gasteiger charge is -2.12. The highest BCUT2D eigenvalue weighted by molar-refractivity contribution is 5.92. The fourth-order valence-corrected chi connectivity index (χ4v) is 1.39. The minimum absolute atomic E-state index is 0.0127. The van der Waals surface area contributed by atoms with Gasteiger partial charge in [0.1, 0.15) is 0 Å². The fourth-order valence-electron chi connectivity index (χ4n) is 1.39. The van der Waals surface area contributed by atoms with Gasteiger partial charge in [0.15, 0.2) is 0 Å². The van der Waals surface area contributed by atoms with Crippen LogP contribution in [0, 0.1) is 5.92 Å². The molecule has 0 aromatic carbocycles. The standard InChI is InChI=1S/C11H17N3O2/c1-4-8(5-2)10(15)14-9-6-12-11(16-3)13-7-9/h6-8H,4-5H2,1-3H3,(H,14,15). The van der Waals surface area contributed by atoms with Gasteiger partial charge in [0.05, 0.1) is 25.2 Å². The summed E-state index contributed by atoms with van der Waals surface area (Å²) in [6.45, 7) is 4.00. The van der Waals surface area contributed by atoms with E-state index < -0.39 is 0 Å². The van der Waals surface area contributed by atoms with E-state index in [4.69, 9.17) is 4.74 Å². The molecule has 88 valence electrons. The van der Waals surface area contributed by atoms with Gasteiger partial charge in [0, 0.05) is 5.92 Å². The molecule has 0 saturated heterocycles. The van der Waals surface area contributed by atoms with Gasteiger partial charge in [-0.1, -0.05) is 13.8 Å². The van der Waals surface area contributed by atoms with Crippen LogP contribution in [0.5, 0.6) is 6.01 Å². The maximum absolute atomic E-state index is 11.7. The van der Waals surface area contributed by atoms with E-state index >= 15 is 0 Å². The van der Waals surface area contributed by atoms with Crippen LogP contribution in [0.15, 0.2) is 12.4 Å². The molecule has 0 aliphatic heterocycles. The Bertz CT molecular complexity index is 334. The second kappa shape index (κ2) is 6.05. The molecule has 0 unspecified atom stereocenters. The van der Waals surface area contributed by atoms with Gasteiger partial charge in [0.2, 0.25) is 5.91 Å². The number of hydrogen-bond acceptors (Lipinski definition) is 4. The van der Waals surface area contributed by atoms with Crippen LogP contribution < -0.4 is 10.1 Å². The molecule has 1 aromatic heterocycles. The monoisotopic (exact) mass is 223 g/mol. The summed E-state index contributed by atoms with van der Waals surface area (Å²) in [5.74, 6) is 0.0564. The van der Waals surface area contributed by atoms with Crippen LogP contribution in [-0.4, -0.2) is 23.0 Å². The van der Waals surface area contributed by atoms with Gasteiger partial charge >= 0.3 is 6.01 Å². The fraction of sp³-hybridized carbons (Fsp3) is 0.545. The lowest BCUT2D eigenvalue weighted by molar-refractivity contribution is -0.120. The van der Waals surface area contributed by atoms with E-state index in [9.17, 15) is 4.79 Å². The molecule has 0 fully saturated rings. The molecular weight excluding hydrogens is 206 g/mol. The quantitative estimate of drug-likeness (QED) is 0.827. The average Bonchev–Trinajstić information content (AvgIpc) is 2.31. The topological polar surface area (TPSA) is 64.1 Å². The molecule has 5 heteroatoms. The molecule has 0 radical (unpaired) electrons. The minimum Gasteiger partial charge on any atom is -0.467 e. The third-order valence-electron chi connectivity index (χ3n) is 2.43. The lowest BCUT2D eigenvalue weighted by atomic mass is 10.0. The smallest absolute Gasteiger partial charge is 0.316 e. The van der Waals surface area contributed by atoms with E-state index in [1.165, 1.54) is 19.5 Å². The molecule has 1 aromatic rings. The molecular formula is C11H17N3O2. The second-order valence-electron chi connectivity index (χ2n) is 3.46. The van der Waals surface area contributed by atoms with Crippen LogP contribution >= 0.6 is 0 Å². The van der Waals surface area contributed by atoms with Crippen molar-refractivity contribution in [2.75, 3.05) is 12.4 Å². The first kappa shape index (κ1) is 12.4. The van der Waals surface area contributed by atoms with Gasteiger partial charge in [-0.15, -0.1) is 0 Å². The van der Waals surface area contributed by atoms with E-state index in [1.54, 1.807) is 0 Å². The Hall–Kier alpha value is -1.65. The van der Waals surface area contributed by atoms with Gasteiger partial charge in [-0.05, 0) is 12.8 Å². The van der Waals surface area contributed by atoms with E-state index in [-0.39, 0.29) is 11.8 Å². The van der Waals surface area contributed by atoms with E-state index in [0.717, 1.165) is 12.8 Å². The molecule has 1 heterocycles. The van der Waals surface area contributed by atoms with Crippen LogP contribution in [0.2, 0.25) is 0 Å². The number of nitrogens with one attached hydrogen (secondary N) is 1. The zero-order chi connectivity index (χ0) is 12.0. The number of carbonyl (C=O) groups is 1. The van der Waals surface area contributed by atoms with E-state index in [0.29, 0.717) is 11.7 Å². The summed E-state index contributed by atoms with van der Waals surface area (Å²) < 4.78 is 4.83. The molecule has 16 heavy (non-hydrogen) atoms. The second-order valence-corrected chi connectivity index (χ2v) is 3.46. The summed E-state index contributed by atoms with van der Waals surface area (Å²) in [6, 6.07) is 0.292. The first-order valence-electron chi connectivity index (χ1n) is 5.38. The molecule has 0 saturated carbocycles. The van der Waals surface area contributed by atoms with Gasteiger partial charge in [-0.2, -0.15) is 0 Å². The van der Waals surface area contributed by atoms with Crippen molar-refractivity contribution in [1.29, 1.82) is 0 Å². The van der Waals surface area contributed by atoms with Crippen LogP contribution in [0.1, 0.15) is 26.7 Å². The number of methoxy groups -OCH3 is 1. The number of hydrogen-bond donors (Lipinski definition) is 1. The molecule has 0 bridgehead atoms. The number of nitrogens with zero attached hydrogens (tertiary/aromatic N) is 2. The molecule has 0 atom stereocenters. The average molecular weight is 223 g/mol. The number of rotatable bonds is 5. The zero-order valence-corrected chi connectivity index (χ0v) is 9.86. The first-order valence-corrected chi connectivity index (χ1v) is 5.38. The molecule has 5 nitrogen and oxygen atoms in total. The van der Waals surface area contributed by atoms with Gasteiger partial charge in [-0.3, -0.25) is 4.79 Å². The molecule has 0 aliphatic carbocycles. The number of ether oxygens (including phenoxy) is 1. The van der Waals surface area contributed by atoms with E-state index in [1.807, 2.05) is 13.8 Å². The summed E-state index contributed by atoms with van der Waals surface area (Å²) in [7, 11) is 1.50. The third kappa shape index (κ3) is 3.18. The van der Waals surface area contributed by atoms with Gasteiger partial charge in [0.25, 0.3) is 0 Å². The SMILES string of the molecule is CCC(CC)C(=O)Nc1cnc(OC)nc1. The summed E-state index contributed by atoms with van der Waals surface area (Å²) in [5, 5.41) is 2.78. The van der Waals surface area contributed by atoms with Crippen LogP contribution in [0.3, 0.4) is 0 Å². The highest BCUT2D eigenvalue weighted by Gasteiger charge is 2.14. The largest absolute Gasteiger partial charge is 0.467 e. The van der Waals surface area contributed by atoms with E-state index in [2.05, 4.69) is 15.3 Å². The Balaban J connectivity index is 2.62. The Morgan fingerprint density at radius 3 is 2.38 bits per heavy atom. The Morgan fingerprint density at radius 1 is 1.38 bits per heavy atom. The van der Waals surface area contributed by atoms with Gasteiger partial charge < -0.3 is 10.1 Å². The number of anilines is 1. The first-order chi connectivity index (χ1) is 7.71. The van der Waals surface area contributed by atoms with Crippen LogP contribution in [0.4, 0.5) is 5.69 Å². The normalized spacial score (nSPS) is 10.2. The molecule has 1 N–H and O–H groups in total. The maximum Gasteiger partial charge on any atom is 0.316 e. The number of aromatic nitrogens is 2. The maximum atomic E-state index is 11.7. The van der Waals surface area contributed by atoms with Crippen LogP contribution in [0.25, 0.3) is 0 Å². The predicted octanol–water partition coefficient (Wildman–Crippen LogP) is 1.86. The molecule has 0 aliphatic rings. The Labute approximate surface area is 95.3 Å². The predicted molar refractivity (Wildman–Crippen MR) is 61.3 cm³/mol. The van der Waals surface area contributed by atoms with Crippen molar-refractivity contribution in [2.45, 2.75) is 26.7 Å². The number of carbonyl (C=O) groups excluding carboxylic acids is 1. The highest BCUT2D eigenvalue weighted by Crippen LogP contribution is 2.12. The summed E-state index contributed by atoms with van der Waals surface area (Å²) >= 11 is 0. The zero-order valence-electron chi connectivity index (χ0n) is 9.86. The highest BCUT2D eigenvalue weighted by atomic mass is 16.5. The molecule has 1 rings (SSSR count). The van der Waals surface area contributed by atoms with Crippen molar-refractivity contribution in [2.24, 2.45) is 5.92 Å². The number of amides is 1. The third-order valence-corrected chi connectivity index (χ3v) is 2.43. The molecule has 0 spiro atoms. The lowest BCUT2D eigenvalue weighted by Crippen LogP contribution is -2.21. The van der Waals surface area contributed by atoms with Crippen molar-refractivity contribution in [3.8, 4) is 6.01 Å². The van der Waals surface area contributed by atoms with Crippen LogP contribution in [-0.2, 0) is 4.79 Å². The summed E-state index contributed by atoms with van der Waals surface area (Å²) in [5.41, 5.74) is 0.595. The van der Waals surface area contributed by atoms with Crippen molar-refractivity contribution in [1.82, 2.24) is 9.97 Å². The summed E-state index contributed by atoms with van der Waals surface area (Å²) in [4.78, 5) is 19.6. The Morgan fingerprint density at radius 2 is 1.94 bits per heavy atom. The van der Waals surface area contributed by atoms with Crippen molar-refractivity contribution in [3.05, 3.63) is 12.4 Å². The van der Waals surface area contributed by atoms with Gasteiger partial charge in [-0.25, -0.2) is 9.97 Å². The minimum atomic E-state index is 0.0127. The molecule has 1 amide bonds. The van der Waals surface area contributed by atoms with Crippen molar-refractivity contribution in [3.63, 3.8) is 0 Å². The van der Waals surface area contributed by atoms with Crippen molar-refractivity contribution < 1.29 is 9.53 Å². The summed E-state index contributed by atoms with van der Waals surface area (Å²) in [6.07, 6.45) is 4.73. The van der Waals surface area contributed by atoms with Crippen molar-refractivity contribution >= 4 is 11.6 Å².